The molecular weight excluding hydrogens is 284 g/mol. The average Bonchev–Trinajstić information content (AvgIpc) is 2.22. The van der Waals surface area contributed by atoms with Crippen LogP contribution < -0.4 is 0 Å². The maximum Gasteiger partial charge on any atom is 0.164 e. The summed E-state index contributed by atoms with van der Waals surface area (Å²) in [6.45, 7) is 4.27. The van der Waals surface area contributed by atoms with Gasteiger partial charge in [0.05, 0.1) is 0 Å². The first-order valence-corrected chi connectivity index (χ1v) is 7.38. The number of halogens is 1. The minimum absolute atomic E-state index is 0.311. The second-order valence-corrected chi connectivity index (χ2v) is 6.43. The van der Waals surface area contributed by atoms with E-state index in [1.54, 1.807) is 11.8 Å². The molecule has 0 amide bonds. The fraction of sp³-hybridized carbons (Fsp3) is 0.462. The van der Waals surface area contributed by atoms with Gasteiger partial charge in [-0.25, -0.2) is 0 Å². The molecule has 0 radical (unpaired) electrons. The highest BCUT2D eigenvalue weighted by molar-refractivity contribution is 9.10. The van der Waals surface area contributed by atoms with Gasteiger partial charge in [0.15, 0.2) is 5.78 Å². The Kier molecular flexibility index (Phi) is 3.75. The lowest BCUT2D eigenvalue weighted by atomic mass is 9.84. The van der Waals surface area contributed by atoms with Crippen LogP contribution in [-0.2, 0) is 6.42 Å². The normalized spacial score (nSPS) is 19.7. The summed E-state index contributed by atoms with van der Waals surface area (Å²) in [6.07, 6.45) is 1.71. The minimum Gasteiger partial charge on any atom is -0.294 e. The second kappa shape index (κ2) is 4.92. The van der Waals surface area contributed by atoms with Gasteiger partial charge in [-0.05, 0) is 35.8 Å². The van der Waals surface area contributed by atoms with E-state index in [0.717, 1.165) is 27.1 Å². The van der Waals surface area contributed by atoms with Crippen molar-refractivity contribution in [2.75, 3.05) is 5.75 Å². The molecule has 0 bridgehead atoms. The monoisotopic (exact) mass is 298 g/mol. The summed E-state index contributed by atoms with van der Waals surface area (Å²) in [7, 11) is 0. The molecule has 1 aliphatic carbocycles. The predicted octanol–water partition coefficient (Wildman–Crippen LogP) is 4.33. The molecule has 0 saturated heterocycles. The molecule has 2 rings (SSSR count). The molecule has 1 nitrogen and oxygen atoms in total. The molecule has 0 spiro atoms. The van der Waals surface area contributed by atoms with Crippen molar-refractivity contribution in [3.05, 3.63) is 27.7 Å². The lowest BCUT2D eigenvalue weighted by Gasteiger charge is -2.23. The molecule has 1 aromatic carbocycles. The van der Waals surface area contributed by atoms with Crippen LogP contribution in [0, 0.1) is 5.92 Å². The summed E-state index contributed by atoms with van der Waals surface area (Å²) in [5.41, 5.74) is 2.18. The molecule has 0 fully saturated rings. The van der Waals surface area contributed by atoms with E-state index in [2.05, 4.69) is 41.9 Å². The number of rotatable bonds is 2. The van der Waals surface area contributed by atoms with E-state index >= 15 is 0 Å². The van der Waals surface area contributed by atoms with E-state index in [-0.39, 0.29) is 0 Å². The number of carbonyl (C=O) groups excluding carboxylic acids is 1. The molecule has 86 valence electrons. The summed E-state index contributed by atoms with van der Waals surface area (Å²) < 4.78 is 1.09. The zero-order chi connectivity index (χ0) is 11.7. The van der Waals surface area contributed by atoms with Crippen LogP contribution in [0.15, 0.2) is 21.5 Å². The Hall–Kier alpha value is -0.280. The van der Waals surface area contributed by atoms with Crippen molar-refractivity contribution >= 4 is 33.5 Å². The predicted molar refractivity (Wildman–Crippen MR) is 72.4 cm³/mol. The van der Waals surface area contributed by atoms with Gasteiger partial charge in [0.25, 0.3) is 0 Å². The number of thioether (sulfide) groups is 1. The lowest BCUT2D eigenvalue weighted by Crippen LogP contribution is -2.19. The highest BCUT2D eigenvalue weighted by Crippen LogP contribution is 2.36. The third-order valence-electron chi connectivity index (χ3n) is 2.88. The number of fused-ring (bicyclic) bond motifs is 1. The maximum atomic E-state index is 12.1. The van der Waals surface area contributed by atoms with Gasteiger partial charge in [-0.2, -0.15) is 0 Å². The van der Waals surface area contributed by atoms with Crippen LogP contribution in [0.2, 0.25) is 0 Å². The van der Waals surface area contributed by atoms with E-state index < -0.39 is 0 Å². The van der Waals surface area contributed by atoms with Crippen LogP contribution in [-0.4, -0.2) is 11.5 Å². The SMILES string of the molecule is CCSc1ccc(Br)c2c1C(=O)CC(C)C2. The third-order valence-corrected chi connectivity index (χ3v) is 4.57. The Morgan fingerprint density at radius 3 is 2.88 bits per heavy atom. The van der Waals surface area contributed by atoms with Crippen LogP contribution in [0.1, 0.15) is 36.2 Å². The lowest BCUT2D eigenvalue weighted by molar-refractivity contribution is 0.0950. The first-order chi connectivity index (χ1) is 7.63. The summed E-state index contributed by atoms with van der Waals surface area (Å²) in [5, 5.41) is 0. The van der Waals surface area contributed by atoms with Gasteiger partial charge < -0.3 is 0 Å². The fourth-order valence-corrected chi connectivity index (χ4v) is 3.57. The number of hydrogen-bond acceptors (Lipinski definition) is 2. The highest BCUT2D eigenvalue weighted by Gasteiger charge is 2.26. The third kappa shape index (κ3) is 2.21. The zero-order valence-electron chi connectivity index (χ0n) is 9.55. The molecule has 1 unspecified atom stereocenters. The summed E-state index contributed by atoms with van der Waals surface area (Å²) >= 11 is 5.32. The molecule has 0 heterocycles. The van der Waals surface area contributed by atoms with E-state index in [4.69, 9.17) is 0 Å². The van der Waals surface area contributed by atoms with Gasteiger partial charge in [0.1, 0.15) is 0 Å². The Morgan fingerprint density at radius 2 is 2.19 bits per heavy atom. The number of carbonyl (C=O) groups is 1. The Bertz CT molecular complexity index is 428. The molecule has 0 saturated carbocycles. The van der Waals surface area contributed by atoms with Gasteiger partial charge in [-0.15, -0.1) is 11.8 Å². The second-order valence-electron chi connectivity index (χ2n) is 4.27. The summed E-state index contributed by atoms with van der Waals surface area (Å²) in [6, 6.07) is 4.13. The van der Waals surface area contributed by atoms with Crippen LogP contribution >= 0.6 is 27.7 Å². The van der Waals surface area contributed by atoms with E-state index in [1.807, 2.05) is 0 Å². The van der Waals surface area contributed by atoms with Crippen molar-refractivity contribution in [1.29, 1.82) is 0 Å². The molecule has 0 N–H and O–H groups in total. The maximum absolute atomic E-state index is 12.1. The van der Waals surface area contributed by atoms with Crippen molar-refractivity contribution < 1.29 is 4.79 Å². The van der Waals surface area contributed by atoms with Crippen molar-refractivity contribution in [1.82, 2.24) is 0 Å². The number of Topliss-reactive ketones (excluding diaryl/α,β-unsaturated/α-hetero) is 1. The largest absolute Gasteiger partial charge is 0.294 e. The number of benzene rings is 1. The quantitative estimate of drug-likeness (QED) is 0.756. The van der Waals surface area contributed by atoms with Crippen molar-refractivity contribution in [2.24, 2.45) is 5.92 Å². The first-order valence-electron chi connectivity index (χ1n) is 5.60. The fourth-order valence-electron chi connectivity index (χ4n) is 2.22. The molecule has 0 aromatic heterocycles. The topological polar surface area (TPSA) is 17.1 Å². The average molecular weight is 299 g/mol. The summed E-state index contributed by atoms with van der Waals surface area (Å²) in [4.78, 5) is 13.3. The Morgan fingerprint density at radius 1 is 1.44 bits per heavy atom. The first kappa shape index (κ1) is 12.2. The van der Waals surface area contributed by atoms with Gasteiger partial charge in [0.2, 0.25) is 0 Å². The highest BCUT2D eigenvalue weighted by atomic mass is 79.9. The van der Waals surface area contributed by atoms with Gasteiger partial charge in [-0.3, -0.25) is 4.79 Å². The smallest absolute Gasteiger partial charge is 0.164 e. The minimum atomic E-state index is 0.311. The molecule has 1 aromatic rings. The standard InChI is InChI=1S/C13H15BrOS/c1-3-16-12-5-4-10(14)9-6-8(2)7-11(15)13(9)12/h4-5,8H,3,6-7H2,1-2H3. The Labute approximate surface area is 109 Å². The van der Waals surface area contributed by atoms with Gasteiger partial charge in [-0.1, -0.05) is 29.8 Å². The molecule has 1 aliphatic rings. The van der Waals surface area contributed by atoms with Crippen molar-refractivity contribution in [3.63, 3.8) is 0 Å². The van der Waals surface area contributed by atoms with Crippen LogP contribution in [0.25, 0.3) is 0 Å². The van der Waals surface area contributed by atoms with Crippen LogP contribution in [0.5, 0.6) is 0 Å². The number of ketones is 1. The van der Waals surface area contributed by atoms with Crippen molar-refractivity contribution in [3.8, 4) is 0 Å². The zero-order valence-corrected chi connectivity index (χ0v) is 12.0. The number of hydrogen-bond donors (Lipinski definition) is 0. The van der Waals surface area contributed by atoms with Crippen molar-refractivity contribution in [2.45, 2.75) is 31.6 Å². The van der Waals surface area contributed by atoms with E-state index in [9.17, 15) is 4.79 Å². The molecule has 16 heavy (non-hydrogen) atoms. The molecular formula is C13H15BrOS. The summed E-state index contributed by atoms with van der Waals surface area (Å²) in [5.74, 6) is 1.79. The molecule has 0 aliphatic heterocycles. The molecule has 1 atom stereocenters. The van der Waals surface area contributed by atoms with E-state index in [1.165, 1.54) is 5.56 Å². The van der Waals surface area contributed by atoms with Gasteiger partial charge in [0, 0.05) is 21.4 Å². The van der Waals surface area contributed by atoms with Crippen LogP contribution in [0.3, 0.4) is 0 Å². The van der Waals surface area contributed by atoms with E-state index in [0.29, 0.717) is 18.1 Å². The van der Waals surface area contributed by atoms with Crippen LogP contribution in [0.4, 0.5) is 0 Å². The Balaban J connectivity index is 2.54. The van der Waals surface area contributed by atoms with Gasteiger partial charge >= 0.3 is 0 Å². The molecule has 3 heteroatoms.